The molecule has 3 saturated heterocycles. The van der Waals surface area contributed by atoms with Gasteiger partial charge in [-0.05, 0) is 70.9 Å². The summed E-state index contributed by atoms with van der Waals surface area (Å²) in [6, 6.07) is 0.317. The second-order valence-electron chi connectivity index (χ2n) is 9.55. The summed E-state index contributed by atoms with van der Waals surface area (Å²) in [4.78, 5) is 37.8. The molecule has 1 aromatic heterocycles. The molecule has 0 unspecified atom stereocenters. The molecule has 0 spiro atoms. The number of nitrogens with zero attached hydrogens (tertiary/aromatic N) is 4. The highest BCUT2D eigenvalue weighted by atomic mass is 32.1. The fourth-order valence-electron chi connectivity index (χ4n) is 5.64. The van der Waals surface area contributed by atoms with Crippen molar-refractivity contribution < 1.29 is 9.59 Å². The minimum Gasteiger partial charge on any atom is -0.343 e. The molecule has 0 radical (unpaired) electrons. The van der Waals surface area contributed by atoms with Gasteiger partial charge in [0.15, 0.2) is 0 Å². The van der Waals surface area contributed by atoms with Crippen LogP contribution in [0.5, 0.6) is 0 Å². The van der Waals surface area contributed by atoms with Gasteiger partial charge in [-0.2, -0.15) is 0 Å². The Labute approximate surface area is 191 Å². The van der Waals surface area contributed by atoms with Crippen LogP contribution >= 0.6 is 11.3 Å². The van der Waals surface area contributed by atoms with Crippen molar-refractivity contribution in [1.82, 2.24) is 19.7 Å². The van der Waals surface area contributed by atoms with Crippen molar-refractivity contribution in [2.24, 2.45) is 5.92 Å². The van der Waals surface area contributed by atoms with Crippen molar-refractivity contribution in [3.63, 3.8) is 0 Å². The maximum absolute atomic E-state index is 13.2. The summed E-state index contributed by atoms with van der Waals surface area (Å²) in [6.07, 6.45) is 11.3. The van der Waals surface area contributed by atoms with Crippen molar-refractivity contribution >= 4 is 23.2 Å². The Hall–Kier alpha value is -1.47. The molecule has 0 N–H and O–H groups in total. The average molecular weight is 447 g/mol. The monoisotopic (exact) mass is 446 g/mol. The molecule has 4 heterocycles. The molecular formula is C24H38N4O2S. The second-order valence-corrected chi connectivity index (χ2v) is 10.4. The van der Waals surface area contributed by atoms with Gasteiger partial charge in [0.05, 0.1) is 11.2 Å². The predicted molar refractivity (Wildman–Crippen MR) is 124 cm³/mol. The number of hydrogen-bond donors (Lipinski definition) is 0. The van der Waals surface area contributed by atoms with Crippen LogP contribution in [0.1, 0.15) is 79.6 Å². The standard InChI is InChI=1S/C24H38N4O2S/c1-19-23(31-18-25-19)24(30)28-14-7-4-8-21(28)20-9-16-27(17-10-20)22(29)11-15-26-12-5-2-3-6-13-26/h18,20-21H,2-17H2,1H3/t21-/m1/s1. The van der Waals surface area contributed by atoms with Crippen LogP contribution in [0.25, 0.3) is 0 Å². The summed E-state index contributed by atoms with van der Waals surface area (Å²) in [5.74, 6) is 0.993. The quantitative estimate of drug-likeness (QED) is 0.687. The third-order valence-corrected chi connectivity index (χ3v) is 8.44. The Morgan fingerprint density at radius 1 is 0.968 bits per heavy atom. The van der Waals surface area contributed by atoms with Gasteiger partial charge in [-0.15, -0.1) is 11.3 Å². The summed E-state index contributed by atoms with van der Waals surface area (Å²) < 4.78 is 0. The largest absolute Gasteiger partial charge is 0.343 e. The lowest BCUT2D eigenvalue weighted by Crippen LogP contribution is -2.51. The summed E-state index contributed by atoms with van der Waals surface area (Å²) in [6.45, 7) is 7.70. The van der Waals surface area contributed by atoms with Gasteiger partial charge >= 0.3 is 0 Å². The van der Waals surface area contributed by atoms with E-state index in [9.17, 15) is 9.59 Å². The third-order valence-electron chi connectivity index (χ3n) is 7.53. The zero-order valence-electron chi connectivity index (χ0n) is 19.1. The van der Waals surface area contributed by atoms with E-state index in [-0.39, 0.29) is 5.91 Å². The summed E-state index contributed by atoms with van der Waals surface area (Å²) >= 11 is 1.46. The van der Waals surface area contributed by atoms with Crippen LogP contribution in [0, 0.1) is 12.8 Å². The molecule has 0 saturated carbocycles. The second kappa shape index (κ2) is 10.9. The third kappa shape index (κ3) is 5.67. The number of aryl methyl sites for hydroxylation is 1. The van der Waals surface area contributed by atoms with E-state index in [4.69, 9.17) is 0 Å². The Balaban J connectivity index is 1.28. The van der Waals surface area contributed by atoms with Crippen molar-refractivity contribution in [2.75, 3.05) is 39.3 Å². The first-order valence-electron chi connectivity index (χ1n) is 12.3. The van der Waals surface area contributed by atoms with Gasteiger partial charge in [0.2, 0.25) is 5.91 Å². The zero-order valence-corrected chi connectivity index (χ0v) is 19.9. The highest BCUT2D eigenvalue weighted by molar-refractivity contribution is 7.11. The van der Waals surface area contributed by atoms with Gasteiger partial charge in [0.25, 0.3) is 5.91 Å². The predicted octanol–water partition coefficient (Wildman–Crippen LogP) is 3.95. The lowest BCUT2D eigenvalue weighted by molar-refractivity contribution is -0.133. The first kappa shape index (κ1) is 22.7. The SMILES string of the molecule is Cc1ncsc1C(=O)N1CCCC[C@@H]1C1CCN(C(=O)CCN2CCCCCC2)CC1. The molecule has 0 aromatic carbocycles. The molecule has 0 aliphatic carbocycles. The molecule has 172 valence electrons. The normalized spacial score (nSPS) is 24.2. The van der Waals surface area contributed by atoms with Crippen LogP contribution in [0.2, 0.25) is 0 Å². The van der Waals surface area contributed by atoms with Crippen LogP contribution in [-0.2, 0) is 4.79 Å². The van der Waals surface area contributed by atoms with Gasteiger partial charge in [-0.25, -0.2) is 4.98 Å². The minimum absolute atomic E-state index is 0.167. The molecule has 7 heteroatoms. The highest BCUT2D eigenvalue weighted by Gasteiger charge is 2.36. The topological polar surface area (TPSA) is 56.8 Å². The molecule has 2 amide bonds. The molecule has 0 bridgehead atoms. The fourth-order valence-corrected chi connectivity index (χ4v) is 6.40. The van der Waals surface area contributed by atoms with E-state index in [1.165, 1.54) is 43.4 Å². The molecular weight excluding hydrogens is 408 g/mol. The molecule has 1 aromatic rings. The highest BCUT2D eigenvalue weighted by Crippen LogP contribution is 2.32. The molecule has 4 rings (SSSR count). The molecule has 1 atom stereocenters. The molecule has 31 heavy (non-hydrogen) atoms. The van der Waals surface area contributed by atoms with Crippen molar-refractivity contribution in [3.8, 4) is 0 Å². The maximum Gasteiger partial charge on any atom is 0.266 e. The molecule has 3 aliphatic rings. The number of piperidine rings is 2. The Kier molecular flexibility index (Phi) is 7.99. The summed E-state index contributed by atoms with van der Waals surface area (Å²) in [7, 11) is 0. The lowest BCUT2D eigenvalue weighted by Gasteiger charge is -2.43. The van der Waals surface area contributed by atoms with Gasteiger partial charge in [0, 0.05) is 38.6 Å². The number of carbonyl (C=O) groups is 2. The van der Waals surface area contributed by atoms with E-state index in [2.05, 4.69) is 19.7 Å². The van der Waals surface area contributed by atoms with Crippen molar-refractivity contribution in [2.45, 2.75) is 77.2 Å². The van der Waals surface area contributed by atoms with Crippen LogP contribution < -0.4 is 0 Å². The fraction of sp³-hybridized carbons (Fsp3) is 0.792. The van der Waals surface area contributed by atoms with E-state index in [0.29, 0.717) is 24.3 Å². The molecule has 6 nitrogen and oxygen atoms in total. The van der Waals surface area contributed by atoms with Crippen LogP contribution in [0.4, 0.5) is 0 Å². The van der Waals surface area contributed by atoms with Gasteiger partial charge < -0.3 is 14.7 Å². The zero-order chi connectivity index (χ0) is 21.6. The Morgan fingerprint density at radius 3 is 2.35 bits per heavy atom. The van der Waals surface area contributed by atoms with Crippen LogP contribution in [-0.4, -0.2) is 76.8 Å². The summed E-state index contributed by atoms with van der Waals surface area (Å²) in [5, 5.41) is 0. The average Bonchev–Trinajstić information content (AvgIpc) is 3.07. The molecule has 3 fully saturated rings. The lowest BCUT2D eigenvalue weighted by atomic mass is 9.83. The van der Waals surface area contributed by atoms with Gasteiger partial charge in [-0.1, -0.05) is 12.8 Å². The van der Waals surface area contributed by atoms with E-state index in [0.717, 1.165) is 75.5 Å². The number of carbonyl (C=O) groups excluding carboxylic acids is 2. The summed E-state index contributed by atoms with van der Waals surface area (Å²) in [5.41, 5.74) is 2.63. The maximum atomic E-state index is 13.2. The van der Waals surface area contributed by atoms with Gasteiger partial charge in [0.1, 0.15) is 4.88 Å². The van der Waals surface area contributed by atoms with Crippen molar-refractivity contribution in [3.05, 3.63) is 16.1 Å². The number of hydrogen-bond acceptors (Lipinski definition) is 5. The number of rotatable bonds is 5. The number of aromatic nitrogens is 1. The smallest absolute Gasteiger partial charge is 0.266 e. The first-order valence-corrected chi connectivity index (χ1v) is 13.2. The number of thiazole rings is 1. The number of amides is 2. The van der Waals surface area contributed by atoms with E-state index in [1.54, 1.807) is 5.51 Å². The van der Waals surface area contributed by atoms with E-state index >= 15 is 0 Å². The first-order chi connectivity index (χ1) is 15.1. The molecule has 3 aliphatic heterocycles. The van der Waals surface area contributed by atoms with Crippen LogP contribution in [0.15, 0.2) is 5.51 Å². The van der Waals surface area contributed by atoms with Gasteiger partial charge in [-0.3, -0.25) is 9.59 Å². The number of likely N-dealkylation sites (tertiary alicyclic amines) is 3. The van der Waals surface area contributed by atoms with Crippen LogP contribution in [0.3, 0.4) is 0 Å². The Morgan fingerprint density at radius 2 is 1.68 bits per heavy atom. The van der Waals surface area contributed by atoms with E-state index in [1.807, 2.05) is 6.92 Å². The minimum atomic E-state index is 0.167. The van der Waals surface area contributed by atoms with E-state index < -0.39 is 0 Å². The Bertz CT molecular complexity index is 736. The van der Waals surface area contributed by atoms with Crippen molar-refractivity contribution in [1.29, 1.82) is 0 Å².